The van der Waals surface area contributed by atoms with Crippen molar-refractivity contribution in [2.45, 2.75) is 0 Å². The number of hydrogen-bond donors (Lipinski definition) is 1. The molecule has 4 heteroatoms. The summed E-state index contributed by atoms with van der Waals surface area (Å²) in [4.78, 5) is 0. The molecule has 0 aromatic rings. The van der Waals surface area contributed by atoms with E-state index in [4.69, 9.17) is 9.51 Å². The number of rotatable bonds is 3. The highest BCUT2D eigenvalue weighted by Gasteiger charge is 2.17. The van der Waals surface area contributed by atoms with Gasteiger partial charge in [0.1, 0.15) is 10.5 Å². The van der Waals surface area contributed by atoms with Gasteiger partial charge in [0.2, 0.25) is 0 Å². The van der Waals surface area contributed by atoms with E-state index in [-0.39, 0.29) is 0 Å². The van der Waals surface area contributed by atoms with Crippen molar-refractivity contribution >= 4 is 19.0 Å². The van der Waals surface area contributed by atoms with Crippen LogP contribution in [0.1, 0.15) is 0 Å². The van der Waals surface area contributed by atoms with E-state index >= 15 is 0 Å². The van der Waals surface area contributed by atoms with Crippen LogP contribution in [0.4, 0.5) is 0 Å². The molecule has 0 saturated heterocycles. The van der Waals surface area contributed by atoms with Gasteiger partial charge in [0, 0.05) is 0 Å². The standard InChI is InChI=1S/C4H11NOSi2/c1-3-8(5,4-2)6-7/h3-4H,1-2,5H2,7H3. The van der Waals surface area contributed by atoms with Crippen molar-refractivity contribution in [1.29, 1.82) is 0 Å². The monoisotopic (exact) mass is 145 g/mol. The van der Waals surface area contributed by atoms with Crippen LogP contribution >= 0.6 is 0 Å². The third-order valence-corrected chi connectivity index (χ3v) is 5.10. The highest BCUT2D eigenvalue weighted by Crippen LogP contribution is 1.94. The fourth-order valence-electron chi connectivity index (χ4n) is 0.250. The van der Waals surface area contributed by atoms with Crippen molar-refractivity contribution in [3.63, 3.8) is 0 Å². The molecule has 0 bridgehead atoms. The Labute approximate surface area is 53.8 Å². The predicted molar refractivity (Wildman–Crippen MR) is 41.4 cm³/mol. The Morgan fingerprint density at radius 3 is 1.88 bits per heavy atom. The fourth-order valence-corrected chi connectivity index (χ4v) is 1.75. The van der Waals surface area contributed by atoms with Crippen LogP contribution in [0.2, 0.25) is 0 Å². The highest BCUT2D eigenvalue weighted by atomic mass is 28.4. The molecule has 0 aliphatic heterocycles. The maximum absolute atomic E-state index is 5.61. The quantitative estimate of drug-likeness (QED) is 0.524. The second-order valence-electron chi connectivity index (χ2n) is 1.47. The topological polar surface area (TPSA) is 35.2 Å². The van der Waals surface area contributed by atoms with E-state index < -0.39 is 8.48 Å². The summed E-state index contributed by atoms with van der Waals surface area (Å²) < 4.78 is 5.06. The van der Waals surface area contributed by atoms with Crippen molar-refractivity contribution < 1.29 is 4.12 Å². The second-order valence-corrected chi connectivity index (χ2v) is 5.62. The van der Waals surface area contributed by atoms with Gasteiger partial charge in [-0.15, -0.1) is 13.2 Å². The van der Waals surface area contributed by atoms with Gasteiger partial charge in [-0.1, -0.05) is 11.4 Å². The van der Waals surface area contributed by atoms with E-state index in [2.05, 4.69) is 13.2 Å². The Balaban J connectivity index is 3.96. The average molecular weight is 145 g/mol. The molecule has 0 aromatic heterocycles. The van der Waals surface area contributed by atoms with Gasteiger partial charge in [0.15, 0.2) is 0 Å². The molecule has 0 heterocycles. The summed E-state index contributed by atoms with van der Waals surface area (Å²) in [6.07, 6.45) is 0. The summed E-state index contributed by atoms with van der Waals surface area (Å²) >= 11 is 0. The molecule has 2 nitrogen and oxygen atoms in total. The summed E-state index contributed by atoms with van der Waals surface area (Å²) in [6.45, 7) is 7.07. The molecule has 0 unspecified atom stereocenters. The normalized spacial score (nSPS) is 11.1. The van der Waals surface area contributed by atoms with E-state index in [9.17, 15) is 0 Å². The van der Waals surface area contributed by atoms with Gasteiger partial charge in [-0.2, -0.15) is 0 Å². The smallest absolute Gasteiger partial charge is 0.306 e. The van der Waals surface area contributed by atoms with Gasteiger partial charge in [0.25, 0.3) is 0 Å². The minimum absolute atomic E-state index is 0.660. The molecule has 0 saturated carbocycles. The first-order valence-corrected chi connectivity index (χ1v) is 5.25. The van der Waals surface area contributed by atoms with Crippen LogP contribution in [0, 0.1) is 0 Å². The zero-order valence-electron chi connectivity index (χ0n) is 5.05. The van der Waals surface area contributed by atoms with E-state index in [1.165, 1.54) is 0 Å². The largest absolute Gasteiger partial charge is 0.447 e. The molecule has 0 rings (SSSR count). The average Bonchev–Trinajstić information content (AvgIpc) is 1.87. The lowest BCUT2D eigenvalue weighted by molar-refractivity contribution is 0.626. The third-order valence-electron chi connectivity index (χ3n) is 0.992. The van der Waals surface area contributed by atoms with Crippen molar-refractivity contribution in [1.82, 2.24) is 0 Å². The van der Waals surface area contributed by atoms with Gasteiger partial charge in [0.05, 0.1) is 0 Å². The van der Waals surface area contributed by atoms with Crippen LogP contribution in [-0.2, 0) is 4.12 Å². The van der Waals surface area contributed by atoms with Crippen LogP contribution in [0.25, 0.3) is 0 Å². The van der Waals surface area contributed by atoms with Gasteiger partial charge in [-0.3, -0.25) is 0 Å². The third kappa shape index (κ3) is 1.75. The first-order chi connectivity index (χ1) is 3.68. The molecule has 8 heavy (non-hydrogen) atoms. The number of hydrogen-bond acceptors (Lipinski definition) is 2. The zero-order chi connectivity index (χ0) is 6.62. The molecular formula is C4H11NOSi2. The summed E-state index contributed by atoms with van der Waals surface area (Å²) in [5.41, 5.74) is 3.32. The molecule has 46 valence electrons. The van der Waals surface area contributed by atoms with Crippen LogP contribution in [0.3, 0.4) is 0 Å². The van der Waals surface area contributed by atoms with Gasteiger partial charge >= 0.3 is 8.48 Å². The van der Waals surface area contributed by atoms with Crippen molar-refractivity contribution in [3.05, 3.63) is 24.6 Å². The Bertz CT molecular complexity index is 96.2. The first kappa shape index (κ1) is 7.83. The Hall–Kier alpha value is -0.166. The first-order valence-electron chi connectivity index (χ1n) is 2.29. The minimum atomic E-state index is -2.08. The molecule has 0 fully saturated rings. The minimum Gasteiger partial charge on any atom is -0.447 e. The van der Waals surface area contributed by atoms with Gasteiger partial charge in [-0.25, -0.2) is 0 Å². The van der Waals surface area contributed by atoms with Crippen LogP contribution < -0.4 is 5.40 Å². The van der Waals surface area contributed by atoms with Crippen LogP contribution in [0.15, 0.2) is 24.6 Å². The highest BCUT2D eigenvalue weighted by molar-refractivity contribution is 6.82. The molecule has 0 aliphatic rings. The summed E-state index contributed by atoms with van der Waals surface area (Å²) in [7, 11) is -1.42. The summed E-state index contributed by atoms with van der Waals surface area (Å²) in [5.74, 6) is 0. The lowest BCUT2D eigenvalue weighted by Crippen LogP contribution is -2.44. The molecule has 0 aromatic carbocycles. The maximum Gasteiger partial charge on any atom is 0.306 e. The Morgan fingerprint density at radius 1 is 1.50 bits per heavy atom. The molecule has 0 spiro atoms. The Morgan fingerprint density at radius 2 is 1.88 bits per heavy atom. The van der Waals surface area contributed by atoms with Crippen LogP contribution in [-0.4, -0.2) is 19.0 Å². The zero-order valence-corrected chi connectivity index (χ0v) is 8.05. The van der Waals surface area contributed by atoms with E-state index in [1.807, 2.05) is 0 Å². The fraction of sp³-hybridized carbons (Fsp3) is 0. The number of nitrogens with two attached hydrogens (primary N) is 1. The van der Waals surface area contributed by atoms with Gasteiger partial charge in [-0.05, 0) is 0 Å². The lowest BCUT2D eigenvalue weighted by atomic mass is 11.2. The van der Waals surface area contributed by atoms with Crippen molar-refractivity contribution in [2.75, 3.05) is 0 Å². The molecule has 2 N–H and O–H groups in total. The molecular weight excluding hydrogens is 134 g/mol. The molecule has 0 aliphatic carbocycles. The molecule has 0 atom stereocenters. The van der Waals surface area contributed by atoms with E-state index in [0.29, 0.717) is 10.5 Å². The van der Waals surface area contributed by atoms with Crippen LogP contribution in [0.5, 0.6) is 0 Å². The van der Waals surface area contributed by atoms with E-state index in [0.717, 1.165) is 0 Å². The van der Waals surface area contributed by atoms with Gasteiger partial charge < -0.3 is 9.51 Å². The Kier molecular flexibility index (Phi) is 2.92. The van der Waals surface area contributed by atoms with Crippen molar-refractivity contribution in [3.8, 4) is 0 Å². The summed E-state index contributed by atoms with van der Waals surface area (Å²) in [5, 5.41) is 5.61. The predicted octanol–water partition coefficient (Wildman–Crippen LogP) is -0.865. The second kappa shape index (κ2) is 2.98. The summed E-state index contributed by atoms with van der Waals surface area (Å²) in [6, 6.07) is 0. The van der Waals surface area contributed by atoms with Crippen molar-refractivity contribution in [2.24, 2.45) is 5.40 Å². The van der Waals surface area contributed by atoms with E-state index in [1.54, 1.807) is 11.4 Å². The molecule has 0 radical (unpaired) electrons. The SMILES string of the molecule is C=C[Si](N)(C=C)O[SiH3]. The molecule has 0 amide bonds. The lowest BCUT2D eigenvalue weighted by Gasteiger charge is -2.14. The maximum atomic E-state index is 5.61.